The molecule has 2 heterocycles. The first-order valence-corrected chi connectivity index (χ1v) is 10.6. The van der Waals surface area contributed by atoms with E-state index >= 15 is 0 Å². The number of nitrogens with zero attached hydrogens (tertiary/aromatic N) is 2. The Morgan fingerprint density at radius 3 is 2.55 bits per heavy atom. The fourth-order valence-corrected chi connectivity index (χ4v) is 4.35. The summed E-state index contributed by atoms with van der Waals surface area (Å²) in [5, 5.41) is 21.6. The molecule has 1 aromatic heterocycles. The van der Waals surface area contributed by atoms with Crippen LogP contribution in [0.5, 0.6) is 0 Å². The Morgan fingerprint density at radius 2 is 1.90 bits per heavy atom. The van der Waals surface area contributed by atoms with Gasteiger partial charge in [-0.2, -0.15) is 0 Å². The number of hydrogen-bond donors (Lipinski definition) is 2. The molecule has 2 aromatic rings. The highest BCUT2D eigenvalue weighted by molar-refractivity contribution is 5.81. The van der Waals surface area contributed by atoms with Gasteiger partial charge in [-0.15, -0.1) is 0 Å². The van der Waals surface area contributed by atoms with Crippen LogP contribution in [0.15, 0.2) is 27.8 Å². The van der Waals surface area contributed by atoms with Crippen molar-refractivity contribution in [2.75, 3.05) is 0 Å². The first kappa shape index (κ1) is 21.8. The third kappa shape index (κ3) is 4.05. The molecule has 0 saturated heterocycles. The minimum absolute atomic E-state index is 0.102. The summed E-state index contributed by atoms with van der Waals surface area (Å²) >= 11 is 0. The molecule has 3 rings (SSSR count). The fraction of sp³-hybridized carbons (Fsp3) is 0.652. The Balaban J connectivity index is 2.03. The molecule has 0 bridgehead atoms. The van der Waals surface area contributed by atoms with Gasteiger partial charge in [0.05, 0.1) is 23.2 Å². The van der Waals surface area contributed by atoms with Gasteiger partial charge in [-0.25, -0.2) is 0 Å². The minimum atomic E-state index is -1.33. The number of aryl methyl sites for hydroxylation is 1. The quantitative estimate of drug-likeness (QED) is 0.698. The zero-order valence-corrected chi connectivity index (χ0v) is 18.2. The number of aliphatic hydroxyl groups is 2. The van der Waals surface area contributed by atoms with E-state index in [4.69, 9.17) is 0 Å². The summed E-state index contributed by atoms with van der Waals surface area (Å²) in [7, 11) is 0. The Kier molecular flexibility index (Phi) is 5.80. The predicted molar refractivity (Wildman–Crippen MR) is 115 cm³/mol. The number of hydrogen-bond acceptors (Lipinski definition) is 4. The van der Waals surface area contributed by atoms with Gasteiger partial charge in [-0.1, -0.05) is 52.7 Å². The van der Waals surface area contributed by atoms with Crippen LogP contribution in [0.4, 0.5) is 0 Å². The first-order chi connectivity index (χ1) is 13.5. The molecule has 2 unspecified atom stereocenters. The van der Waals surface area contributed by atoms with Gasteiger partial charge in [-0.3, -0.25) is 14.2 Å². The molecule has 1 aromatic carbocycles. The molecule has 0 fully saturated rings. The lowest BCUT2D eigenvalue weighted by molar-refractivity contribution is -0.0751. The molecule has 1 aliphatic heterocycles. The SMILES string of the molecule is CC(C)CCCC(C)(O)C(O)Cn1c(=O)c(=O)n2c3c(cccc31)C(C)(C)CC2. The largest absolute Gasteiger partial charge is 0.388 e. The second-order valence-electron chi connectivity index (χ2n) is 9.84. The van der Waals surface area contributed by atoms with Crippen molar-refractivity contribution in [2.45, 2.75) is 90.5 Å². The zero-order chi connectivity index (χ0) is 21.6. The summed E-state index contributed by atoms with van der Waals surface area (Å²) in [5.41, 5.74) is -0.209. The van der Waals surface area contributed by atoms with Crippen molar-refractivity contribution in [3.05, 3.63) is 44.5 Å². The van der Waals surface area contributed by atoms with E-state index in [9.17, 15) is 19.8 Å². The van der Waals surface area contributed by atoms with Gasteiger partial charge in [0.15, 0.2) is 0 Å². The molecular formula is C23H34N2O4. The summed E-state index contributed by atoms with van der Waals surface area (Å²) in [6.07, 6.45) is 1.83. The number of benzene rings is 1. The molecule has 0 spiro atoms. The van der Waals surface area contributed by atoms with Crippen LogP contribution in [-0.2, 0) is 18.5 Å². The summed E-state index contributed by atoms with van der Waals surface area (Å²) in [6.45, 7) is 10.5. The third-order valence-corrected chi connectivity index (χ3v) is 6.48. The Bertz CT molecular complexity index is 1010. The van der Waals surface area contributed by atoms with E-state index in [0.717, 1.165) is 30.3 Å². The second kappa shape index (κ2) is 7.73. The molecule has 2 atom stereocenters. The summed E-state index contributed by atoms with van der Waals surface area (Å²) in [4.78, 5) is 25.7. The van der Waals surface area contributed by atoms with Crippen molar-refractivity contribution >= 4 is 11.0 Å². The average Bonchev–Trinajstić information content (AvgIpc) is 2.63. The van der Waals surface area contributed by atoms with E-state index in [2.05, 4.69) is 27.7 Å². The topological polar surface area (TPSA) is 84.5 Å². The maximum absolute atomic E-state index is 12.9. The molecule has 0 radical (unpaired) electrons. The minimum Gasteiger partial charge on any atom is -0.388 e. The molecule has 0 aliphatic carbocycles. The van der Waals surface area contributed by atoms with Crippen LogP contribution in [0.25, 0.3) is 11.0 Å². The van der Waals surface area contributed by atoms with Crippen LogP contribution in [0.1, 0.15) is 65.9 Å². The van der Waals surface area contributed by atoms with Crippen molar-refractivity contribution in [2.24, 2.45) is 5.92 Å². The molecule has 6 nitrogen and oxygen atoms in total. The highest BCUT2D eigenvalue weighted by atomic mass is 16.3. The average molecular weight is 403 g/mol. The van der Waals surface area contributed by atoms with E-state index < -0.39 is 22.8 Å². The van der Waals surface area contributed by atoms with Crippen LogP contribution in [-0.4, -0.2) is 31.1 Å². The molecule has 6 heteroatoms. The lowest BCUT2D eigenvalue weighted by Gasteiger charge is -2.34. The number of para-hydroxylation sites is 1. The zero-order valence-electron chi connectivity index (χ0n) is 18.2. The highest BCUT2D eigenvalue weighted by Gasteiger charge is 2.33. The normalized spacial score (nSPS) is 18.8. The van der Waals surface area contributed by atoms with Gasteiger partial charge in [0.2, 0.25) is 0 Å². The van der Waals surface area contributed by atoms with Crippen LogP contribution in [0.2, 0.25) is 0 Å². The van der Waals surface area contributed by atoms with Crippen molar-refractivity contribution in [1.29, 1.82) is 0 Å². The maximum Gasteiger partial charge on any atom is 0.317 e. The lowest BCUT2D eigenvalue weighted by Crippen LogP contribution is -2.49. The van der Waals surface area contributed by atoms with Crippen molar-refractivity contribution in [1.82, 2.24) is 9.13 Å². The number of aliphatic hydroxyl groups excluding tert-OH is 1. The molecule has 1 aliphatic rings. The van der Waals surface area contributed by atoms with Gasteiger partial charge in [-0.05, 0) is 42.7 Å². The fourth-order valence-electron chi connectivity index (χ4n) is 4.35. The van der Waals surface area contributed by atoms with E-state index in [-0.39, 0.29) is 12.0 Å². The summed E-state index contributed by atoms with van der Waals surface area (Å²) in [5.74, 6) is 0.523. The first-order valence-electron chi connectivity index (χ1n) is 10.6. The standard InChI is InChI=1S/C23H34N2O4/c1-15(2)8-7-11-23(5,29)18(26)14-25-17-10-6-9-16-19(17)24(20(27)21(25)28)13-12-22(16,3)4/h6,9-10,15,18,26,29H,7-8,11-14H2,1-5H3. The molecule has 160 valence electrons. The van der Waals surface area contributed by atoms with Gasteiger partial charge in [0.1, 0.15) is 6.10 Å². The molecule has 2 N–H and O–H groups in total. The Hall–Kier alpha value is -1.92. The second-order valence-corrected chi connectivity index (χ2v) is 9.84. The van der Waals surface area contributed by atoms with Gasteiger partial charge >= 0.3 is 11.1 Å². The van der Waals surface area contributed by atoms with Gasteiger partial charge in [0, 0.05) is 6.54 Å². The molecule has 0 saturated carbocycles. The maximum atomic E-state index is 12.9. The van der Waals surface area contributed by atoms with Crippen molar-refractivity contribution in [3.8, 4) is 0 Å². The van der Waals surface area contributed by atoms with Crippen LogP contribution in [0, 0.1) is 5.92 Å². The van der Waals surface area contributed by atoms with E-state index in [1.54, 1.807) is 11.5 Å². The molecule has 29 heavy (non-hydrogen) atoms. The highest BCUT2D eigenvalue weighted by Crippen LogP contribution is 2.36. The van der Waals surface area contributed by atoms with Gasteiger partial charge in [0.25, 0.3) is 0 Å². The number of aromatic nitrogens is 2. The van der Waals surface area contributed by atoms with E-state index in [0.29, 0.717) is 24.4 Å². The van der Waals surface area contributed by atoms with Crippen LogP contribution in [0.3, 0.4) is 0 Å². The monoisotopic (exact) mass is 402 g/mol. The van der Waals surface area contributed by atoms with Crippen LogP contribution >= 0.6 is 0 Å². The molecular weight excluding hydrogens is 368 g/mol. The van der Waals surface area contributed by atoms with E-state index in [1.165, 1.54) is 4.57 Å². The summed E-state index contributed by atoms with van der Waals surface area (Å²) in [6, 6.07) is 5.71. The van der Waals surface area contributed by atoms with Crippen molar-refractivity contribution in [3.63, 3.8) is 0 Å². The van der Waals surface area contributed by atoms with Crippen molar-refractivity contribution < 1.29 is 10.2 Å². The van der Waals surface area contributed by atoms with E-state index in [1.807, 2.05) is 18.2 Å². The van der Waals surface area contributed by atoms with Crippen LogP contribution < -0.4 is 11.1 Å². The lowest BCUT2D eigenvalue weighted by atomic mass is 9.78. The Morgan fingerprint density at radius 1 is 1.21 bits per heavy atom. The Labute approximate surface area is 171 Å². The predicted octanol–water partition coefficient (Wildman–Crippen LogP) is 2.78. The third-order valence-electron chi connectivity index (χ3n) is 6.48. The summed E-state index contributed by atoms with van der Waals surface area (Å²) < 4.78 is 2.92. The van der Waals surface area contributed by atoms with Gasteiger partial charge < -0.3 is 14.8 Å². The smallest absolute Gasteiger partial charge is 0.317 e. The molecule has 0 amide bonds. The number of rotatable bonds is 7.